The van der Waals surface area contributed by atoms with Gasteiger partial charge in [-0.1, -0.05) is 23.7 Å². The van der Waals surface area contributed by atoms with Gasteiger partial charge in [0.2, 0.25) is 5.75 Å². The standard InChI is InChI=1S/C17H18ClNO4/c1-11-7-8-12(18)9-13(11)19-16(20)10-23-15-6-4-5-14(21-2)17(15)22-3/h4-9H,10H2,1-3H3,(H,19,20). The van der Waals surface area contributed by atoms with Crippen molar-refractivity contribution in [1.29, 1.82) is 0 Å². The first-order valence-electron chi connectivity index (χ1n) is 6.95. The third-order valence-corrected chi connectivity index (χ3v) is 3.43. The summed E-state index contributed by atoms with van der Waals surface area (Å²) >= 11 is 5.93. The van der Waals surface area contributed by atoms with E-state index in [9.17, 15) is 4.79 Å². The van der Waals surface area contributed by atoms with Crippen LogP contribution in [0.15, 0.2) is 36.4 Å². The molecule has 0 aromatic heterocycles. The zero-order chi connectivity index (χ0) is 16.8. The van der Waals surface area contributed by atoms with Crippen molar-refractivity contribution in [2.24, 2.45) is 0 Å². The molecule has 23 heavy (non-hydrogen) atoms. The molecule has 5 nitrogen and oxygen atoms in total. The molecular formula is C17H18ClNO4. The fraction of sp³-hybridized carbons (Fsp3) is 0.235. The number of nitrogens with one attached hydrogen (secondary N) is 1. The smallest absolute Gasteiger partial charge is 0.262 e. The normalized spacial score (nSPS) is 10.1. The summed E-state index contributed by atoms with van der Waals surface area (Å²) < 4.78 is 16.0. The number of hydrogen-bond acceptors (Lipinski definition) is 4. The highest BCUT2D eigenvalue weighted by molar-refractivity contribution is 6.31. The van der Waals surface area contributed by atoms with E-state index in [2.05, 4.69) is 5.32 Å². The number of hydrogen-bond donors (Lipinski definition) is 1. The number of halogens is 1. The Kier molecular flexibility index (Phi) is 5.71. The van der Waals surface area contributed by atoms with Crippen LogP contribution < -0.4 is 19.5 Å². The topological polar surface area (TPSA) is 56.8 Å². The maximum atomic E-state index is 12.1. The average molecular weight is 336 g/mol. The van der Waals surface area contributed by atoms with Gasteiger partial charge in [-0.25, -0.2) is 0 Å². The second-order valence-corrected chi connectivity index (χ2v) is 5.22. The third kappa shape index (κ3) is 4.29. The van der Waals surface area contributed by atoms with Crippen LogP contribution in [0.25, 0.3) is 0 Å². The maximum Gasteiger partial charge on any atom is 0.262 e. The fourth-order valence-electron chi connectivity index (χ4n) is 2.03. The number of anilines is 1. The molecule has 2 aromatic rings. The number of ether oxygens (including phenoxy) is 3. The summed E-state index contributed by atoms with van der Waals surface area (Å²) in [7, 11) is 3.05. The van der Waals surface area contributed by atoms with Gasteiger partial charge in [0, 0.05) is 10.7 Å². The summed E-state index contributed by atoms with van der Waals surface area (Å²) in [5, 5.41) is 3.32. The number of aryl methyl sites for hydroxylation is 1. The molecule has 0 fully saturated rings. The van der Waals surface area contributed by atoms with Crippen LogP contribution >= 0.6 is 11.6 Å². The Hall–Kier alpha value is -2.40. The van der Waals surface area contributed by atoms with Gasteiger partial charge in [0.05, 0.1) is 14.2 Å². The molecule has 1 N–H and O–H groups in total. The van der Waals surface area contributed by atoms with Crippen molar-refractivity contribution >= 4 is 23.2 Å². The monoisotopic (exact) mass is 335 g/mol. The van der Waals surface area contributed by atoms with Gasteiger partial charge < -0.3 is 19.5 Å². The predicted octanol–water partition coefficient (Wildman–Crippen LogP) is 3.68. The molecule has 2 aromatic carbocycles. The summed E-state index contributed by atoms with van der Waals surface area (Å²) in [4.78, 5) is 12.1. The van der Waals surface area contributed by atoms with Gasteiger partial charge in [-0.05, 0) is 36.8 Å². The number of amides is 1. The summed E-state index contributed by atoms with van der Waals surface area (Å²) in [6.07, 6.45) is 0. The molecule has 0 aliphatic carbocycles. The first kappa shape index (κ1) is 17.0. The largest absolute Gasteiger partial charge is 0.493 e. The summed E-state index contributed by atoms with van der Waals surface area (Å²) in [6.45, 7) is 1.73. The highest BCUT2D eigenvalue weighted by Gasteiger charge is 2.13. The maximum absolute atomic E-state index is 12.1. The minimum atomic E-state index is -0.291. The molecule has 0 radical (unpaired) electrons. The van der Waals surface area contributed by atoms with Gasteiger partial charge in [0.15, 0.2) is 18.1 Å². The van der Waals surface area contributed by atoms with Gasteiger partial charge in [-0.15, -0.1) is 0 Å². The van der Waals surface area contributed by atoms with Crippen LogP contribution in [0.1, 0.15) is 5.56 Å². The molecule has 1 amide bonds. The number of rotatable bonds is 6. The highest BCUT2D eigenvalue weighted by Crippen LogP contribution is 2.36. The Bertz CT molecular complexity index is 703. The lowest BCUT2D eigenvalue weighted by atomic mass is 10.2. The molecule has 0 saturated carbocycles. The van der Waals surface area contributed by atoms with Gasteiger partial charge >= 0.3 is 0 Å². The minimum Gasteiger partial charge on any atom is -0.493 e. The van der Waals surface area contributed by atoms with E-state index in [1.807, 2.05) is 13.0 Å². The SMILES string of the molecule is COc1cccc(OCC(=O)Nc2cc(Cl)ccc2C)c1OC. The molecule has 0 bridgehead atoms. The van der Waals surface area contributed by atoms with Gasteiger partial charge in [0.25, 0.3) is 5.91 Å². The predicted molar refractivity (Wildman–Crippen MR) is 89.9 cm³/mol. The number of carbonyl (C=O) groups is 1. The quantitative estimate of drug-likeness (QED) is 0.874. The third-order valence-electron chi connectivity index (χ3n) is 3.20. The lowest BCUT2D eigenvalue weighted by Crippen LogP contribution is -2.20. The van der Waals surface area contributed by atoms with Crippen molar-refractivity contribution in [3.8, 4) is 17.2 Å². The molecule has 122 valence electrons. The molecule has 0 aliphatic rings. The molecule has 0 heterocycles. The molecule has 0 spiro atoms. The van der Waals surface area contributed by atoms with Crippen molar-refractivity contribution in [2.45, 2.75) is 6.92 Å². The lowest BCUT2D eigenvalue weighted by molar-refractivity contribution is -0.118. The molecule has 6 heteroatoms. The van der Waals surface area contributed by atoms with E-state index in [0.717, 1.165) is 5.56 Å². The van der Waals surface area contributed by atoms with Crippen molar-refractivity contribution in [3.63, 3.8) is 0 Å². The van der Waals surface area contributed by atoms with Gasteiger partial charge in [-0.3, -0.25) is 4.79 Å². The number of para-hydroxylation sites is 1. The summed E-state index contributed by atoms with van der Waals surface area (Å²) in [5.41, 5.74) is 1.57. The zero-order valence-electron chi connectivity index (χ0n) is 13.2. The Morgan fingerprint density at radius 2 is 1.87 bits per heavy atom. The van der Waals surface area contributed by atoms with E-state index in [1.54, 1.807) is 30.3 Å². The van der Waals surface area contributed by atoms with Crippen LogP contribution in [0.2, 0.25) is 5.02 Å². The highest BCUT2D eigenvalue weighted by atomic mass is 35.5. The second kappa shape index (κ2) is 7.74. The summed E-state index contributed by atoms with van der Waals surface area (Å²) in [6, 6.07) is 10.5. The molecule has 0 aliphatic heterocycles. The molecule has 2 rings (SSSR count). The van der Waals surface area contributed by atoms with Crippen molar-refractivity contribution in [3.05, 3.63) is 47.0 Å². The van der Waals surface area contributed by atoms with Crippen LogP contribution in [0.4, 0.5) is 5.69 Å². The molecular weight excluding hydrogens is 318 g/mol. The first-order valence-corrected chi connectivity index (χ1v) is 7.32. The van der Waals surface area contributed by atoms with E-state index < -0.39 is 0 Å². The Morgan fingerprint density at radius 3 is 2.57 bits per heavy atom. The van der Waals surface area contributed by atoms with E-state index in [1.165, 1.54) is 14.2 Å². The molecule has 0 unspecified atom stereocenters. The van der Waals surface area contributed by atoms with Crippen LogP contribution in [0.3, 0.4) is 0 Å². The van der Waals surface area contributed by atoms with Gasteiger partial charge in [-0.2, -0.15) is 0 Å². The van der Waals surface area contributed by atoms with E-state index in [4.69, 9.17) is 25.8 Å². The van der Waals surface area contributed by atoms with Crippen molar-refractivity contribution in [1.82, 2.24) is 0 Å². The van der Waals surface area contributed by atoms with Crippen LogP contribution in [0.5, 0.6) is 17.2 Å². The Labute approximate surface area is 140 Å². The van der Waals surface area contributed by atoms with Gasteiger partial charge in [0.1, 0.15) is 0 Å². The Morgan fingerprint density at radius 1 is 1.13 bits per heavy atom. The number of benzene rings is 2. The molecule has 0 atom stereocenters. The Balaban J connectivity index is 2.03. The minimum absolute atomic E-state index is 0.157. The molecule has 0 saturated heterocycles. The van der Waals surface area contributed by atoms with Crippen molar-refractivity contribution < 1.29 is 19.0 Å². The average Bonchev–Trinajstić information content (AvgIpc) is 2.55. The first-order chi connectivity index (χ1) is 11.0. The van der Waals surface area contributed by atoms with E-state index >= 15 is 0 Å². The summed E-state index contributed by atoms with van der Waals surface area (Å²) in [5.74, 6) is 1.13. The van der Waals surface area contributed by atoms with E-state index in [0.29, 0.717) is 28.0 Å². The number of carbonyl (C=O) groups excluding carboxylic acids is 1. The van der Waals surface area contributed by atoms with Crippen molar-refractivity contribution in [2.75, 3.05) is 26.1 Å². The fourth-order valence-corrected chi connectivity index (χ4v) is 2.20. The zero-order valence-corrected chi connectivity index (χ0v) is 13.9. The van der Waals surface area contributed by atoms with Crippen LogP contribution in [0, 0.1) is 6.92 Å². The van der Waals surface area contributed by atoms with Crippen LogP contribution in [-0.2, 0) is 4.79 Å². The lowest BCUT2D eigenvalue weighted by Gasteiger charge is -2.14. The number of methoxy groups -OCH3 is 2. The van der Waals surface area contributed by atoms with E-state index in [-0.39, 0.29) is 12.5 Å². The van der Waals surface area contributed by atoms with Crippen LogP contribution in [-0.4, -0.2) is 26.7 Å². The second-order valence-electron chi connectivity index (χ2n) is 4.79.